The van der Waals surface area contributed by atoms with Gasteiger partial charge in [0, 0.05) is 5.56 Å². The van der Waals surface area contributed by atoms with Crippen LogP contribution in [-0.2, 0) is 9.53 Å². The van der Waals surface area contributed by atoms with Crippen molar-refractivity contribution in [2.24, 2.45) is 0 Å². The number of esters is 1. The summed E-state index contributed by atoms with van der Waals surface area (Å²) in [5.74, 6) is -0.00252. The van der Waals surface area contributed by atoms with Crippen molar-refractivity contribution < 1.29 is 28.5 Å². The first-order valence-corrected chi connectivity index (χ1v) is 7.79. The highest BCUT2D eigenvalue weighted by molar-refractivity contribution is 5.98. The Morgan fingerprint density at radius 1 is 0.885 bits per heavy atom. The number of hydrogen-bond donors (Lipinski definition) is 1. The number of carbonyl (C=O) groups is 2. The summed E-state index contributed by atoms with van der Waals surface area (Å²) >= 11 is 0. The Labute approximate surface area is 151 Å². The van der Waals surface area contributed by atoms with E-state index in [1.807, 2.05) is 6.07 Å². The Morgan fingerprint density at radius 2 is 1.46 bits per heavy atom. The predicted molar refractivity (Wildman–Crippen MR) is 94.8 cm³/mol. The number of hydrogen-bond acceptors (Lipinski definition) is 6. The zero-order valence-corrected chi connectivity index (χ0v) is 15.1. The molecule has 26 heavy (non-hydrogen) atoms. The Hall–Kier alpha value is -3.22. The van der Waals surface area contributed by atoms with Crippen molar-refractivity contribution in [3.8, 4) is 17.2 Å². The van der Waals surface area contributed by atoms with Crippen LogP contribution in [0.2, 0.25) is 0 Å². The fraction of sp³-hybridized carbons (Fsp3) is 0.263. The molecule has 0 spiro atoms. The summed E-state index contributed by atoms with van der Waals surface area (Å²) in [5.41, 5.74) is 0.865. The van der Waals surface area contributed by atoms with Crippen LogP contribution in [-0.4, -0.2) is 40.3 Å². The first kappa shape index (κ1) is 19.1. The Bertz CT molecular complexity index is 750. The molecule has 1 N–H and O–H groups in total. The largest absolute Gasteiger partial charge is 0.493 e. The van der Waals surface area contributed by atoms with Gasteiger partial charge in [-0.05, 0) is 17.7 Å². The first-order valence-electron chi connectivity index (χ1n) is 7.79. The molecule has 0 aliphatic rings. The van der Waals surface area contributed by atoms with E-state index in [9.17, 15) is 9.59 Å². The van der Waals surface area contributed by atoms with E-state index in [0.29, 0.717) is 22.8 Å². The maximum Gasteiger partial charge on any atom is 0.333 e. The molecular weight excluding hydrogens is 338 g/mol. The number of nitrogens with one attached hydrogen (secondary N) is 1. The molecule has 7 nitrogen and oxygen atoms in total. The topological polar surface area (TPSA) is 83.1 Å². The van der Waals surface area contributed by atoms with Gasteiger partial charge in [0.15, 0.2) is 17.5 Å². The average Bonchev–Trinajstić information content (AvgIpc) is 2.70. The van der Waals surface area contributed by atoms with Crippen LogP contribution in [0.3, 0.4) is 0 Å². The molecule has 2 rings (SSSR count). The van der Waals surface area contributed by atoms with Gasteiger partial charge in [-0.3, -0.25) is 4.79 Å². The molecular formula is C19H21NO6. The summed E-state index contributed by atoms with van der Waals surface area (Å²) in [6, 6.07) is 10.9. The van der Waals surface area contributed by atoms with Gasteiger partial charge in [-0.15, -0.1) is 0 Å². The van der Waals surface area contributed by atoms with Gasteiger partial charge in [-0.25, -0.2) is 4.79 Å². The van der Waals surface area contributed by atoms with Crippen LogP contribution in [0.5, 0.6) is 17.2 Å². The minimum atomic E-state index is -0.937. The minimum Gasteiger partial charge on any atom is -0.493 e. The van der Waals surface area contributed by atoms with Crippen molar-refractivity contribution in [3.05, 3.63) is 53.6 Å². The lowest BCUT2D eigenvalue weighted by atomic mass is 10.1. The lowest BCUT2D eigenvalue weighted by Crippen LogP contribution is -2.34. The maximum absolute atomic E-state index is 12.7. The molecule has 2 aromatic rings. The lowest BCUT2D eigenvalue weighted by molar-refractivity contribution is -0.143. The second kappa shape index (κ2) is 8.75. The normalized spacial score (nSPS) is 11.2. The lowest BCUT2D eigenvalue weighted by Gasteiger charge is -2.18. The Morgan fingerprint density at radius 3 is 1.92 bits per heavy atom. The van der Waals surface area contributed by atoms with Crippen LogP contribution in [0, 0.1) is 0 Å². The smallest absolute Gasteiger partial charge is 0.333 e. The number of methoxy groups -OCH3 is 4. The van der Waals surface area contributed by atoms with Crippen LogP contribution in [0.25, 0.3) is 0 Å². The van der Waals surface area contributed by atoms with Gasteiger partial charge in [0.1, 0.15) is 0 Å². The molecule has 1 amide bonds. The molecule has 0 aromatic heterocycles. The van der Waals surface area contributed by atoms with Gasteiger partial charge in [0.05, 0.1) is 28.4 Å². The van der Waals surface area contributed by atoms with Gasteiger partial charge >= 0.3 is 5.97 Å². The zero-order valence-electron chi connectivity index (χ0n) is 15.1. The van der Waals surface area contributed by atoms with E-state index in [-0.39, 0.29) is 5.56 Å². The van der Waals surface area contributed by atoms with Crippen LogP contribution < -0.4 is 19.5 Å². The molecule has 0 aliphatic carbocycles. The average molecular weight is 359 g/mol. The third kappa shape index (κ3) is 4.05. The fourth-order valence-corrected chi connectivity index (χ4v) is 2.47. The van der Waals surface area contributed by atoms with Crippen molar-refractivity contribution >= 4 is 11.9 Å². The number of benzene rings is 2. The van der Waals surface area contributed by atoms with E-state index in [4.69, 9.17) is 18.9 Å². The second-order valence-electron chi connectivity index (χ2n) is 5.25. The third-order valence-corrected chi connectivity index (χ3v) is 3.77. The molecule has 0 bridgehead atoms. The van der Waals surface area contributed by atoms with Gasteiger partial charge < -0.3 is 24.3 Å². The number of ether oxygens (including phenoxy) is 4. The van der Waals surface area contributed by atoms with E-state index >= 15 is 0 Å². The Balaban J connectivity index is 2.36. The summed E-state index contributed by atoms with van der Waals surface area (Å²) in [6.07, 6.45) is 0. The number of amides is 1. The Kier molecular flexibility index (Phi) is 6.43. The van der Waals surface area contributed by atoms with Gasteiger partial charge in [-0.2, -0.15) is 0 Å². The van der Waals surface area contributed by atoms with E-state index in [2.05, 4.69) is 5.32 Å². The molecule has 0 saturated heterocycles. The maximum atomic E-state index is 12.7. The SMILES string of the molecule is COC(=O)C(NC(=O)c1cc(OC)c(OC)c(OC)c1)c1ccccc1. The van der Waals surface area contributed by atoms with Crippen molar-refractivity contribution in [2.45, 2.75) is 6.04 Å². The van der Waals surface area contributed by atoms with E-state index in [1.165, 1.54) is 40.6 Å². The molecule has 2 aromatic carbocycles. The highest BCUT2D eigenvalue weighted by Crippen LogP contribution is 2.38. The second-order valence-corrected chi connectivity index (χ2v) is 5.25. The minimum absolute atomic E-state index is 0.254. The molecule has 0 radical (unpaired) electrons. The molecule has 1 atom stereocenters. The first-order chi connectivity index (χ1) is 12.5. The highest BCUT2D eigenvalue weighted by atomic mass is 16.5. The highest BCUT2D eigenvalue weighted by Gasteiger charge is 2.25. The van der Waals surface area contributed by atoms with Gasteiger partial charge in [0.25, 0.3) is 5.91 Å². The van der Waals surface area contributed by atoms with Crippen LogP contribution >= 0.6 is 0 Å². The molecule has 0 fully saturated rings. The summed E-state index contributed by atoms with van der Waals surface area (Å²) in [6.45, 7) is 0. The van der Waals surface area contributed by atoms with Crippen molar-refractivity contribution in [2.75, 3.05) is 28.4 Å². The fourth-order valence-electron chi connectivity index (χ4n) is 2.47. The van der Waals surface area contributed by atoms with Crippen LogP contribution in [0.1, 0.15) is 22.0 Å². The van der Waals surface area contributed by atoms with Gasteiger partial charge in [0.2, 0.25) is 5.75 Å². The standard InChI is InChI=1S/C19H21NO6/c1-23-14-10-13(11-15(24-2)17(14)25-3)18(21)20-16(19(22)26-4)12-8-6-5-7-9-12/h5-11,16H,1-4H3,(H,20,21). The predicted octanol–water partition coefficient (Wildman–Crippen LogP) is 2.36. The molecule has 7 heteroatoms. The van der Waals surface area contributed by atoms with Crippen LogP contribution in [0.4, 0.5) is 0 Å². The summed E-state index contributed by atoms with van der Waals surface area (Å²) < 4.78 is 20.6. The van der Waals surface area contributed by atoms with E-state index in [1.54, 1.807) is 24.3 Å². The number of carbonyl (C=O) groups excluding carboxylic acids is 2. The summed E-state index contributed by atoms with van der Waals surface area (Å²) in [4.78, 5) is 24.8. The quantitative estimate of drug-likeness (QED) is 0.764. The monoisotopic (exact) mass is 359 g/mol. The molecule has 0 heterocycles. The van der Waals surface area contributed by atoms with Crippen molar-refractivity contribution in [1.29, 1.82) is 0 Å². The van der Waals surface area contributed by atoms with E-state index in [0.717, 1.165) is 0 Å². The van der Waals surface area contributed by atoms with Gasteiger partial charge in [-0.1, -0.05) is 30.3 Å². The van der Waals surface area contributed by atoms with Crippen LogP contribution in [0.15, 0.2) is 42.5 Å². The molecule has 0 saturated carbocycles. The zero-order chi connectivity index (χ0) is 19.1. The number of rotatable bonds is 7. The molecule has 138 valence electrons. The summed E-state index contributed by atoms with van der Waals surface area (Å²) in [7, 11) is 5.66. The molecule has 0 aliphatic heterocycles. The van der Waals surface area contributed by atoms with E-state index < -0.39 is 17.9 Å². The molecule has 1 unspecified atom stereocenters. The van der Waals surface area contributed by atoms with Crippen molar-refractivity contribution in [1.82, 2.24) is 5.32 Å². The third-order valence-electron chi connectivity index (χ3n) is 3.77. The summed E-state index contributed by atoms with van der Waals surface area (Å²) in [5, 5.41) is 2.67. The van der Waals surface area contributed by atoms with Crippen molar-refractivity contribution in [3.63, 3.8) is 0 Å².